The third kappa shape index (κ3) is 4.14. The molecular weight excluding hydrogens is 422 g/mol. The number of anilines is 2. The van der Waals surface area contributed by atoms with Crippen molar-refractivity contribution in [3.8, 4) is 5.75 Å². The van der Waals surface area contributed by atoms with Gasteiger partial charge in [0.1, 0.15) is 11.4 Å². The lowest BCUT2D eigenvalue weighted by Crippen LogP contribution is -2.53. The average molecular weight is 452 g/mol. The summed E-state index contributed by atoms with van der Waals surface area (Å²) in [6.07, 6.45) is 2.61. The van der Waals surface area contributed by atoms with Crippen LogP contribution < -0.4 is 14.5 Å². The lowest BCUT2D eigenvalue weighted by Gasteiger charge is -2.38. The second-order valence-corrected chi connectivity index (χ2v) is 8.35. The number of carbonyl (C=O) groups is 1. The molecule has 0 aliphatic carbocycles. The Balaban J connectivity index is 1.52. The summed E-state index contributed by atoms with van der Waals surface area (Å²) in [6, 6.07) is 9.77. The van der Waals surface area contributed by atoms with Gasteiger partial charge in [-0.2, -0.15) is 0 Å². The standard InChI is InChI=1S/C24H29N5O4/c1-31-10-7-18-14-26-23-22-21(13-19(15-25-22)27-8-11-33-12-9-27)28(24(30)29(18)23)16-17-3-5-20(32-2)6-4-17/h3-6,13,15,18H,7-12,14,16H2,1-2H3. The van der Waals surface area contributed by atoms with Crippen LogP contribution >= 0.6 is 0 Å². The maximum atomic E-state index is 13.8. The minimum absolute atomic E-state index is 0.0281. The van der Waals surface area contributed by atoms with Crippen molar-refractivity contribution in [3.63, 3.8) is 0 Å². The number of ether oxygens (including phenoxy) is 3. The zero-order valence-electron chi connectivity index (χ0n) is 19.1. The fraction of sp³-hybridized carbons (Fsp3) is 0.458. The maximum absolute atomic E-state index is 13.8. The highest BCUT2D eigenvalue weighted by molar-refractivity contribution is 6.19. The molecule has 0 saturated carbocycles. The Labute approximate surface area is 193 Å². The van der Waals surface area contributed by atoms with E-state index in [1.165, 1.54) is 0 Å². The molecule has 1 atom stereocenters. The highest BCUT2D eigenvalue weighted by Crippen LogP contribution is 2.36. The highest BCUT2D eigenvalue weighted by atomic mass is 16.5. The van der Waals surface area contributed by atoms with Gasteiger partial charge in [-0.05, 0) is 30.2 Å². The number of benzene rings is 1. The summed E-state index contributed by atoms with van der Waals surface area (Å²) < 4.78 is 16.1. The van der Waals surface area contributed by atoms with Gasteiger partial charge in [0.05, 0.1) is 57.0 Å². The van der Waals surface area contributed by atoms with Gasteiger partial charge in [0.2, 0.25) is 0 Å². The molecule has 174 valence electrons. The molecule has 2 aromatic rings. The molecule has 0 N–H and O–H groups in total. The van der Waals surface area contributed by atoms with Crippen LogP contribution in [-0.2, 0) is 16.0 Å². The fourth-order valence-corrected chi connectivity index (χ4v) is 4.55. The van der Waals surface area contributed by atoms with E-state index >= 15 is 0 Å². The number of hydrogen-bond donors (Lipinski definition) is 0. The SMILES string of the molecule is COCCC1CN=C2c3ncc(N4CCOCC4)cc3N(Cc3ccc(OC)cc3)C(=O)N21. The van der Waals surface area contributed by atoms with Crippen molar-refractivity contribution in [2.45, 2.75) is 19.0 Å². The quantitative estimate of drug-likeness (QED) is 0.644. The summed E-state index contributed by atoms with van der Waals surface area (Å²) in [5.41, 5.74) is 3.55. The summed E-state index contributed by atoms with van der Waals surface area (Å²) in [5, 5.41) is 0. The summed E-state index contributed by atoms with van der Waals surface area (Å²) >= 11 is 0. The first kappa shape index (κ1) is 21.7. The van der Waals surface area contributed by atoms with Crippen molar-refractivity contribution in [2.24, 2.45) is 4.99 Å². The molecule has 1 fully saturated rings. The normalized spacial score (nSPS) is 19.9. The van der Waals surface area contributed by atoms with Gasteiger partial charge < -0.3 is 19.1 Å². The molecule has 9 heteroatoms. The van der Waals surface area contributed by atoms with Crippen molar-refractivity contribution < 1.29 is 19.0 Å². The Bertz CT molecular complexity index is 1040. The van der Waals surface area contributed by atoms with Gasteiger partial charge in [0, 0.05) is 26.8 Å². The number of aliphatic imine (C=N–C) groups is 1. The fourth-order valence-electron chi connectivity index (χ4n) is 4.55. The number of hydrogen-bond acceptors (Lipinski definition) is 7. The second kappa shape index (κ2) is 9.36. The molecule has 1 aromatic heterocycles. The van der Waals surface area contributed by atoms with Crippen LogP contribution in [0.1, 0.15) is 17.7 Å². The monoisotopic (exact) mass is 451 g/mol. The van der Waals surface area contributed by atoms with E-state index < -0.39 is 0 Å². The van der Waals surface area contributed by atoms with Gasteiger partial charge >= 0.3 is 6.03 Å². The Hall–Kier alpha value is -3.17. The summed E-state index contributed by atoms with van der Waals surface area (Å²) in [7, 11) is 3.32. The first-order valence-corrected chi connectivity index (χ1v) is 11.3. The lowest BCUT2D eigenvalue weighted by molar-refractivity contribution is 0.122. The number of nitrogens with zero attached hydrogens (tertiary/aromatic N) is 5. The van der Waals surface area contributed by atoms with Crippen LogP contribution in [0.3, 0.4) is 0 Å². The Morgan fingerprint density at radius 3 is 2.67 bits per heavy atom. The van der Waals surface area contributed by atoms with Crippen LogP contribution in [0, 0.1) is 0 Å². The average Bonchev–Trinajstić information content (AvgIpc) is 3.30. The molecule has 1 aromatic carbocycles. The van der Waals surface area contributed by atoms with Crippen molar-refractivity contribution in [2.75, 3.05) is 63.5 Å². The zero-order chi connectivity index (χ0) is 22.8. The van der Waals surface area contributed by atoms with Crippen LogP contribution in [0.5, 0.6) is 5.75 Å². The smallest absolute Gasteiger partial charge is 0.330 e. The molecule has 4 heterocycles. The molecular formula is C24H29N5O4. The third-order valence-corrected chi connectivity index (χ3v) is 6.37. The minimum Gasteiger partial charge on any atom is -0.497 e. The number of carbonyl (C=O) groups excluding carboxylic acids is 1. The van der Waals surface area contributed by atoms with E-state index in [4.69, 9.17) is 24.2 Å². The number of fused-ring (bicyclic) bond motifs is 3. The van der Waals surface area contributed by atoms with Crippen LogP contribution in [0.2, 0.25) is 0 Å². The Morgan fingerprint density at radius 2 is 1.94 bits per heavy atom. The molecule has 1 saturated heterocycles. The molecule has 1 unspecified atom stereocenters. The minimum atomic E-state index is -0.0726. The van der Waals surface area contributed by atoms with Crippen LogP contribution in [0.15, 0.2) is 41.5 Å². The van der Waals surface area contributed by atoms with E-state index in [1.807, 2.05) is 35.4 Å². The van der Waals surface area contributed by atoms with Crippen LogP contribution in [0.25, 0.3) is 0 Å². The number of rotatable bonds is 7. The first-order chi connectivity index (χ1) is 16.2. The van der Waals surface area contributed by atoms with E-state index in [0.717, 1.165) is 47.9 Å². The van der Waals surface area contributed by atoms with Crippen molar-refractivity contribution in [1.82, 2.24) is 9.88 Å². The van der Waals surface area contributed by atoms with Crippen LogP contribution in [0.4, 0.5) is 16.2 Å². The molecule has 0 spiro atoms. The molecule has 2 amide bonds. The number of morpholine rings is 1. The van der Waals surface area contributed by atoms with E-state index in [-0.39, 0.29) is 12.1 Å². The second-order valence-electron chi connectivity index (χ2n) is 8.35. The number of amidine groups is 1. The van der Waals surface area contributed by atoms with Gasteiger partial charge in [-0.1, -0.05) is 12.1 Å². The largest absolute Gasteiger partial charge is 0.497 e. The molecule has 0 bridgehead atoms. The number of pyridine rings is 1. The third-order valence-electron chi connectivity index (χ3n) is 6.37. The number of aromatic nitrogens is 1. The molecule has 33 heavy (non-hydrogen) atoms. The van der Waals surface area contributed by atoms with Gasteiger partial charge in [-0.15, -0.1) is 0 Å². The van der Waals surface area contributed by atoms with E-state index in [0.29, 0.717) is 38.7 Å². The maximum Gasteiger partial charge on any atom is 0.330 e. The van der Waals surface area contributed by atoms with Crippen molar-refractivity contribution >= 4 is 23.2 Å². The number of amides is 2. The molecule has 3 aliphatic heterocycles. The van der Waals surface area contributed by atoms with Crippen molar-refractivity contribution in [3.05, 3.63) is 47.8 Å². The number of methoxy groups -OCH3 is 2. The summed E-state index contributed by atoms with van der Waals surface area (Å²) in [6.45, 7) is 4.56. The highest BCUT2D eigenvalue weighted by Gasteiger charge is 2.43. The number of urea groups is 1. The van der Waals surface area contributed by atoms with Gasteiger partial charge in [0.15, 0.2) is 5.84 Å². The summed E-state index contributed by atoms with van der Waals surface area (Å²) in [5.74, 6) is 1.45. The molecule has 3 aliphatic rings. The van der Waals surface area contributed by atoms with Gasteiger partial charge in [-0.3, -0.25) is 14.8 Å². The zero-order valence-corrected chi connectivity index (χ0v) is 19.1. The van der Waals surface area contributed by atoms with Crippen molar-refractivity contribution in [1.29, 1.82) is 0 Å². The van der Waals surface area contributed by atoms with E-state index in [2.05, 4.69) is 11.0 Å². The Morgan fingerprint density at radius 1 is 1.15 bits per heavy atom. The van der Waals surface area contributed by atoms with E-state index in [1.54, 1.807) is 19.1 Å². The van der Waals surface area contributed by atoms with Crippen LogP contribution in [-0.4, -0.2) is 81.5 Å². The Kier molecular flexibility index (Phi) is 6.15. The topological polar surface area (TPSA) is 79.7 Å². The predicted octanol–water partition coefficient (Wildman–Crippen LogP) is 2.53. The lowest BCUT2D eigenvalue weighted by atomic mass is 10.1. The van der Waals surface area contributed by atoms with E-state index in [9.17, 15) is 4.79 Å². The van der Waals surface area contributed by atoms with Gasteiger partial charge in [0.25, 0.3) is 0 Å². The molecule has 5 rings (SSSR count). The summed E-state index contributed by atoms with van der Waals surface area (Å²) in [4.78, 5) is 29.2. The first-order valence-electron chi connectivity index (χ1n) is 11.3. The van der Waals surface area contributed by atoms with Gasteiger partial charge in [-0.25, -0.2) is 9.78 Å². The predicted molar refractivity (Wildman–Crippen MR) is 125 cm³/mol. The molecule has 9 nitrogen and oxygen atoms in total. The molecule has 0 radical (unpaired) electrons.